The molecule has 0 N–H and O–H groups in total. The Morgan fingerprint density at radius 1 is 1.40 bits per heavy atom. The highest BCUT2D eigenvalue weighted by Crippen LogP contribution is 2.14. The zero-order valence-electron chi connectivity index (χ0n) is 11.3. The molecule has 0 unspecified atom stereocenters. The fourth-order valence-corrected chi connectivity index (χ4v) is 1.59. The number of aromatic nitrogens is 1. The molecule has 110 valence electrons. The number of carbonyl (C=O) groups excluding carboxylic acids is 1. The van der Waals surface area contributed by atoms with Crippen molar-refractivity contribution in [3.63, 3.8) is 0 Å². The molecule has 8 nitrogen and oxygen atoms in total. The number of rotatable bonds is 7. The highest BCUT2D eigenvalue weighted by Gasteiger charge is 2.17. The second-order valence-electron chi connectivity index (χ2n) is 3.90. The largest absolute Gasteiger partial charge is 0.462 e. The molecular weight excluding hydrogens is 268 g/mol. The summed E-state index contributed by atoms with van der Waals surface area (Å²) in [6, 6.07) is 2.17. The summed E-state index contributed by atoms with van der Waals surface area (Å²) in [5, 5.41) is 10.8. The van der Waals surface area contributed by atoms with E-state index in [0.717, 1.165) is 16.7 Å². The molecule has 0 aliphatic rings. The minimum Gasteiger partial charge on any atom is -0.462 e. The van der Waals surface area contributed by atoms with Gasteiger partial charge in [-0.15, -0.1) is 0 Å². The smallest absolute Gasteiger partial charge is 0.326 e. The standard InChI is InChI=1S/C12H16N2O6/c1-3-19-6-7-20-12(16)8-13-9(2)10(14(17)18)4-5-11(13)15/h4-5H,3,6-8H2,1-2H3. The maximum Gasteiger partial charge on any atom is 0.326 e. The Bertz CT molecular complexity index is 551. The highest BCUT2D eigenvalue weighted by atomic mass is 16.6. The van der Waals surface area contributed by atoms with Crippen molar-refractivity contribution in [2.45, 2.75) is 20.4 Å². The number of nitrogens with zero attached hydrogens (tertiary/aromatic N) is 2. The van der Waals surface area contributed by atoms with Crippen molar-refractivity contribution >= 4 is 11.7 Å². The third kappa shape index (κ3) is 4.16. The maximum absolute atomic E-state index is 11.6. The number of pyridine rings is 1. The molecule has 0 aliphatic carbocycles. The molecule has 1 aromatic rings. The summed E-state index contributed by atoms with van der Waals surface area (Å²) in [7, 11) is 0. The lowest BCUT2D eigenvalue weighted by Crippen LogP contribution is -2.27. The van der Waals surface area contributed by atoms with Crippen LogP contribution in [0, 0.1) is 17.0 Å². The highest BCUT2D eigenvalue weighted by molar-refractivity contribution is 5.69. The molecule has 20 heavy (non-hydrogen) atoms. The predicted molar refractivity (Wildman–Crippen MR) is 69.5 cm³/mol. The zero-order valence-corrected chi connectivity index (χ0v) is 11.3. The van der Waals surface area contributed by atoms with E-state index in [4.69, 9.17) is 9.47 Å². The van der Waals surface area contributed by atoms with Crippen LogP contribution in [-0.2, 0) is 20.8 Å². The van der Waals surface area contributed by atoms with Crippen molar-refractivity contribution < 1.29 is 19.2 Å². The van der Waals surface area contributed by atoms with Crippen LogP contribution in [0.4, 0.5) is 5.69 Å². The van der Waals surface area contributed by atoms with E-state index >= 15 is 0 Å². The van der Waals surface area contributed by atoms with Crippen molar-refractivity contribution in [3.8, 4) is 0 Å². The monoisotopic (exact) mass is 284 g/mol. The Balaban J connectivity index is 2.77. The van der Waals surface area contributed by atoms with E-state index in [1.165, 1.54) is 6.92 Å². The number of carbonyl (C=O) groups is 1. The molecule has 1 aromatic heterocycles. The molecule has 0 aliphatic heterocycles. The molecule has 0 radical (unpaired) electrons. The van der Waals surface area contributed by atoms with Crippen LogP contribution in [0.5, 0.6) is 0 Å². The lowest BCUT2D eigenvalue weighted by atomic mass is 10.3. The van der Waals surface area contributed by atoms with Gasteiger partial charge in [-0.3, -0.25) is 24.3 Å². The van der Waals surface area contributed by atoms with E-state index in [-0.39, 0.29) is 31.1 Å². The number of hydrogen-bond donors (Lipinski definition) is 0. The van der Waals surface area contributed by atoms with Gasteiger partial charge in [0.05, 0.1) is 17.2 Å². The van der Waals surface area contributed by atoms with Crippen LogP contribution < -0.4 is 5.56 Å². The van der Waals surface area contributed by atoms with E-state index < -0.39 is 16.5 Å². The molecule has 0 amide bonds. The SMILES string of the molecule is CCOCCOC(=O)Cn1c(C)c([N+](=O)[O-])ccc1=O. The Morgan fingerprint density at radius 3 is 2.70 bits per heavy atom. The minimum atomic E-state index is -0.643. The van der Waals surface area contributed by atoms with E-state index in [0.29, 0.717) is 6.61 Å². The summed E-state index contributed by atoms with van der Waals surface area (Å²) in [4.78, 5) is 33.4. The van der Waals surface area contributed by atoms with Crippen molar-refractivity contribution in [3.05, 3.63) is 38.3 Å². The third-order valence-corrected chi connectivity index (χ3v) is 2.60. The van der Waals surface area contributed by atoms with Gasteiger partial charge in [0.1, 0.15) is 13.2 Å². The molecule has 0 saturated carbocycles. The van der Waals surface area contributed by atoms with E-state index in [9.17, 15) is 19.7 Å². The number of esters is 1. The van der Waals surface area contributed by atoms with Gasteiger partial charge < -0.3 is 9.47 Å². The number of hydrogen-bond acceptors (Lipinski definition) is 6. The summed E-state index contributed by atoms with van der Waals surface area (Å²) >= 11 is 0. The molecule has 0 saturated heterocycles. The predicted octanol–water partition coefficient (Wildman–Crippen LogP) is 0.645. The first-order valence-corrected chi connectivity index (χ1v) is 6.05. The molecular formula is C12H16N2O6. The van der Waals surface area contributed by atoms with Gasteiger partial charge in [0.2, 0.25) is 0 Å². The Labute approximate surface area is 115 Å². The molecule has 1 heterocycles. The van der Waals surface area contributed by atoms with Gasteiger partial charge >= 0.3 is 5.97 Å². The van der Waals surface area contributed by atoms with Crippen molar-refractivity contribution in [2.24, 2.45) is 0 Å². The van der Waals surface area contributed by atoms with Gasteiger partial charge in [-0.1, -0.05) is 0 Å². The zero-order chi connectivity index (χ0) is 15.1. The summed E-state index contributed by atoms with van der Waals surface area (Å²) in [6.45, 7) is 3.72. The fourth-order valence-electron chi connectivity index (χ4n) is 1.59. The van der Waals surface area contributed by atoms with Crippen molar-refractivity contribution in [2.75, 3.05) is 19.8 Å². The van der Waals surface area contributed by atoms with Gasteiger partial charge in [-0.05, 0) is 13.8 Å². The summed E-state index contributed by atoms with van der Waals surface area (Å²) in [5.74, 6) is -0.643. The maximum atomic E-state index is 11.6. The average Bonchev–Trinajstić information content (AvgIpc) is 2.39. The lowest BCUT2D eigenvalue weighted by Gasteiger charge is -2.09. The van der Waals surface area contributed by atoms with Crippen LogP contribution in [0.15, 0.2) is 16.9 Å². The minimum absolute atomic E-state index is 0.0788. The summed E-state index contributed by atoms with van der Waals surface area (Å²) < 4.78 is 10.9. The van der Waals surface area contributed by atoms with Gasteiger partial charge in [0, 0.05) is 18.7 Å². The molecule has 0 spiro atoms. The number of ether oxygens (including phenoxy) is 2. The van der Waals surface area contributed by atoms with Gasteiger partial charge in [0.15, 0.2) is 0 Å². The first-order valence-electron chi connectivity index (χ1n) is 6.05. The third-order valence-electron chi connectivity index (χ3n) is 2.60. The van der Waals surface area contributed by atoms with E-state index in [1.54, 1.807) is 0 Å². The van der Waals surface area contributed by atoms with Crippen LogP contribution in [0.2, 0.25) is 0 Å². The second kappa shape index (κ2) is 7.39. The van der Waals surface area contributed by atoms with Crippen LogP contribution in [0.25, 0.3) is 0 Å². The second-order valence-corrected chi connectivity index (χ2v) is 3.90. The van der Waals surface area contributed by atoms with Crippen LogP contribution in [0.1, 0.15) is 12.6 Å². The molecule has 0 bridgehead atoms. The molecule has 0 aromatic carbocycles. The quantitative estimate of drug-likeness (QED) is 0.315. The van der Waals surface area contributed by atoms with Gasteiger partial charge in [-0.25, -0.2) is 0 Å². The normalized spacial score (nSPS) is 10.3. The molecule has 1 rings (SSSR count). The molecule has 8 heteroatoms. The van der Waals surface area contributed by atoms with Gasteiger partial charge in [-0.2, -0.15) is 0 Å². The van der Waals surface area contributed by atoms with Crippen LogP contribution in [-0.4, -0.2) is 35.3 Å². The topological polar surface area (TPSA) is 101 Å². The van der Waals surface area contributed by atoms with Gasteiger partial charge in [0.25, 0.3) is 11.2 Å². The molecule has 0 atom stereocenters. The lowest BCUT2D eigenvalue weighted by molar-refractivity contribution is -0.386. The Kier molecular flexibility index (Phi) is 5.85. The summed E-state index contributed by atoms with van der Waals surface area (Å²) in [6.07, 6.45) is 0. The number of nitro groups is 1. The van der Waals surface area contributed by atoms with E-state index in [1.807, 2.05) is 6.92 Å². The van der Waals surface area contributed by atoms with Crippen LogP contribution >= 0.6 is 0 Å². The molecule has 0 fully saturated rings. The van der Waals surface area contributed by atoms with E-state index in [2.05, 4.69) is 0 Å². The first kappa shape index (κ1) is 15.8. The van der Waals surface area contributed by atoms with Crippen molar-refractivity contribution in [1.29, 1.82) is 0 Å². The first-order chi connectivity index (χ1) is 9.47. The fraction of sp³-hybridized carbons (Fsp3) is 0.500. The van der Waals surface area contributed by atoms with Crippen molar-refractivity contribution in [1.82, 2.24) is 4.57 Å². The average molecular weight is 284 g/mol. The van der Waals surface area contributed by atoms with Crippen LogP contribution in [0.3, 0.4) is 0 Å². The Hall–Kier alpha value is -2.22. The Morgan fingerprint density at radius 2 is 2.10 bits per heavy atom. The summed E-state index contributed by atoms with van der Waals surface area (Å²) in [5.41, 5.74) is -0.592.